The number of aliphatic hydroxyl groups is 1. The summed E-state index contributed by atoms with van der Waals surface area (Å²) in [5.74, 6) is 0.530. The SMILES string of the molecule is CC[C@H](C)[C@H](N)C(=O)N1CC(CO)C1. The molecule has 82 valence electrons. The zero-order chi connectivity index (χ0) is 10.7. The van der Waals surface area contributed by atoms with E-state index in [0.29, 0.717) is 13.1 Å². The molecule has 1 heterocycles. The highest BCUT2D eigenvalue weighted by Gasteiger charge is 2.33. The molecule has 4 heteroatoms. The van der Waals surface area contributed by atoms with E-state index >= 15 is 0 Å². The molecule has 0 radical (unpaired) electrons. The minimum Gasteiger partial charge on any atom is -0.396 e. The summed E-state index contributed by atoms with van der Waals surface area (Å²) < 4.78 is 0. The van der Waals surface area contributed by atoms with Crippen molar-refractivity contribution in [3.63, 3.8) is 0 Å². The number of carbonyl (C=O) groups is 1. The van der Waals surface area contributed by atoms with Gasteiger partial charge in [0.05, 0.1) is 6.04 Å². The fraction of sp³-hybridized carbons (Fsp3) is 0.900. The van der Waals surface area contributed by atoms with Crippen molar-refractivity contribution >= 4 is 5.91 Å². The number of aliphatic hydroxyl groups excluding tert-OH is 1. The van der Waals surface area contributed by atoms with Gasteiger partial charge in [0.15, 0.2) is 0 Å². The molecule has 1 aliphatic heterocycles. The number of carbonyl (C=O) groups excluding carboxylic acids is 1. The Labute approximate surface area is 85.1 Å². The average Bonchev–Trinajstić information content (AvgIpc) is 2.13. The molecule has 1 amide bonds. The Bertz CT molecular complexity index is 202. The van der Waals surface area contributed by atoms with E-state index in [2.05, 4.69) is 0 Å². The van der Waals surface area contributed by atoms with Crippen LogP contribution in [0.1, 0.15) is 20.3 Å². The molecule has 4 nitrogen and oxygen atoms in total. The summed E-state index contributed by atoms with van der Waals surface area (Å²) in [6, 6.07) is -0.375. The van der Waals surface area contributed by atoms with Gasteiger partial charge in [-0.05, 0) is 5.92 Å². The zero-order valence-corrected chi connectivity index (χ0v) is 8.94. The molecule has 0 unspecified atom stereocenters. The lowest BCUT2D eigenvalue weighted by atomic mass is 9.95. The lowest BCUT2D eigenvalue weighted by molar-refractivity contribution is -0.141. The Balaban J connectivity index is 2.36. The van der Waals surface area contributed by atoms with Gasteiger partial charge in [0.25, 0.3) is 0 Å². The van der Waals surface area contributed by atoms with Crippen LogP contribution < -0.4 is 5.73 Å². The van der Waals surface area contributed by atoms with Crippen molar-refractivity contribution in [1.82, 2.24) is 4.90 Å². The predicted molar refractivity (Wildman–Crippen MR) is 54.6 cm³/mol. The molecule has 0 aromatic rings. The highest BCUT2D eigenvalue weighted by molar-refractivity contribution is 5.82. The van der Waals surface area contributed by atoms with Gasteiger partial charge in [0.1, 0.15) is 0 Å². The van der Waals surface area contributed by atoms with Crippen LogP contribution in [0.2, 0.25) is 0 Å². The van der Waals surface area contributed by atoms with Crippen LogP contribution in [0.15, 0.2) is 0 Å². The van der Waals surface area contributed by atoms with E-state index in [4.69, 9.17) is 10.8 Å². The maximum absolute atomic E-state index is 11.7. The fourth-order valence-electron chi connectivity index (χ4n) is 1.57. The number of rotatable bonds is 4. The first kappa shape index (κ1) is 11.5. The van der Waals surface area contributed by atoms with Crippen LogP contribution in [-0.2, 0) is 4.79 Å². The molecule has 0 aliphatic carbocycles. The van der Waals surface area contributed by atoms with E-state index in [0.717, 1.165) is 6.42 Å². The van der Waals surface area contributed by atoms with Gasteiger partial charge in [-0.3, -0.25) is 4.79 Å². The topological polar surface area (TPSA) is 66.6 Å². The molecule has 2 atom stereocenters. The molecule has 0 bridgehead atoms. The second kappa shape index (κ2) is 4.75. The number of amides is 1. The van der Waals surface area contributed by atoms with Crippen LogP contribution in [0.25, 0.3) is 0 Å². The van der Waals surface area contributed by atoms with Crippen molar-refractivity contribution in [2.45, 2.75) is 26.3 Å². The Kier molecular flexibility index (Phi) is 3.89. The van der Waals surface area contributed by atoms with Gasteiger partial charge in [0.2, 0.25) is 5.91 Å². The lowest BCUT2D eigenvalue weighted by Crippen LogP contribution is -2.57. The van der Waals surface area contributed by atoms with Crippen LogP contribution >= 0.6 is 0 Å². The highest BCUT2D eigenvalue weighted by atomic mass is 16.3. The summed E-state index contributed by atoms with van der Waals surface area (Å²) in [6.07, 6.45) is 0.921. The van der Waals surface area contributed by atoms with E-state index < -0.39 is 0 Å². The van der Waals surface area contributed by atoms with Gasteiger partial charge in [-0.15, -0.1) is 0 Å². The molecule has 1 saturated heterocycles. The van der Waals surface area contributed by atoms with Crippen molar-refractivity contribution < 1.29 is 9.90 Å². The molecule has 1 rings (SSSR count). The van der Waals surface area contributed by atoms with Gasteiger partial charge in [-0.1, -0.05) is 20.3 Å². The molecule has 14 heavy (non-hydrogen) atoms. The molecule has 0 aromatic carbocycles. The number of nitrogens with two attached hydrogens (primary N) is 1. The maximum Gasteiger partial charge on any atom is 0.239 e. The first-order valence-electron chi connectivity index (χ1n) is 5.25. The quantitative estimate of drug-likeness (QED) is 0.661. The number of hydrogen-bond donors (Lipinski definition) is 2. The molecule has 0 aromatic heterocycles. The Morgan fingerprint density at radius 3 is 2.64 bits per heavy atom. The third-order valence-corrected chi connectivity index (χ3v) is 3.07. The van der Waals surface area contributed by atoms with E-state index in [1.807, 2.05) is 13.8 Å². The minimum absolute atomic E-state index is 0.0315. The molecule has 3 N–H and O–H groups in total. The highest BCUT2D eigenvalue weighted by Crippen LogP contribution is 2.18. The van der Waals surface area contributed by atoms with Gasteiger partial charge in [0, 0.05) is 25.6 Å². The zero-order valence-electron chi connectivity index (χ0n) is 8.94. The van der Waals surface area contributed by atoms with Crippen molar-refractivity contribution in [3.05, 3.63) is 0 Å². The third-order valence-electron chi connectivity index (χ3n) is 3.07. The average molecular weight is 200 g/mol. The Morgan fingerprint density at radius 2 is 2.21 bits per heavy atom. The van der Waals surface area contributed by atoms with Gasteiger partial charge in [-0.25, -0.2) is 0 Å². The number of nitrogens with zero attached hydrogens (tertiary/aromatic N) is 1. The number of likely N-dealkylation sites (tertiary alicyclic amines) is 1. The second-order valence-electron chi connectivity index (χ2n) is 4.20. The van der Waals surface area contributed by atoms with Gasteiger partial charge < -0.3 is 15.7 Å². The summed E-state index contributed by atoms with van der Waals surface area (Å²) in [4.78, 5) is 13.4. The maximum atomic E-state index is 11.7. The van der Waals surface area contributed by atoms with Crippen molar-refractivity contribution in [2.75, 3.05) is 19.7 Å². The minimum atomic E-state index is -0.375. The van der Waals surface area contributed by atoms with Gasteiger partial charge >= 0.3 is 0 Å². The van der Waals surface area contributed by atoms with Crippen LogP contribution in [0.5, 0.6) is 0 Å². The molecule has 0 saturated carbocycles. The van der Waals surface area contributed by atoms with Crippen LogP contribution in [0.4, 0.5) is 0 Å². The Hall–Kier alpha value is -0.610. The van der Waals surface area contributed by atoms with E-state index in [9.17, 15) is 4.79 Å². The Morgan fingerprint density at radius 1 is 1.64 bits per heavy atom. The largest absolute Gasteiger partial charge is 0.396 e. The molecular formula is C10H20N2O2. The normalized spacial score (nSPS) is 21.6. The smallest absolute Gasteiger partial charge is 0.239 e. The van der Waals surface area contributed by atoms with Gasteiger partial charge in [-0.2, -0.15) is 0 Å². The van der Waals surface area contributed by atoms with Crippen LogP contribution in [0.3, 0.4) is 0 Å². The van der Waals surface area contributed by atoms with E-state index in [-0.39, 0.29) is 30.4 Å². The standard InChI is InChI=1S/C10H20N2O2/c1-3-7(2)9(11)10(14)12-4-8(5-12)6-13/h7-9,13H,3-6,11H2,1-2H3/t7-,9-/m0/s1. The second-order valence-corrected chi connectivity index (χ2v) is 4.20. The summed E-state index contributed by atoms with van der Waals surface area (Å²) in [6.45, 7) is 5.53. The summed E-state index contributed by atoms with van der Waals surface area (Å²) in [7, 11) is 0. The third kappa shape index (κ3) is 2.25. The number of hydrogen-bond acceptors (Lipinski definition) is 3. The van der Waals surface area contributed by atoms with Crippen molar-refractivity contribution in [2.24, 2.45) is 17.6 Å². The molecule has 1 fully saturated rings. The van der Waals surface area contributed by atoms with Crippen LogP contribution in [-0.4, -0.2) is 41.7 Å². The van der Waals surface area contributed by atoms with E-state index in [1.165, 1.54) is 0 Å². The van der Waals surface area contributed by atoms with E-state index in [1.54, 1.807) is 4.90 Å². The van der Waals surface area contributed by atoms with Crippen LogP contribution in [0, 0.1) is 11.8 Å². The molecule has 1 aliphatic rings. The first-order chi connectivity index (χ1) is 6.60. The molecular weight excluding hydrogens is 180 g/mol. The lowest BCUT2D eigenvalue weighted by Gasteiger charge is -2.40. The summed E-state index contributed by atoms with van der Waals surface area (Å²) in [5.41, 5.74) is 5.81. The summed E-state index contributed by atoms with van der Waals surface area (Å²) in [5, 5.41) is 8.81. The fourth-order valence-corrected chi connectivity index (χ4v) is 1.57. The summed E-state index contributed by atoms with van der Waals surface area (Å²) >= 11 is 0. The molecule has 0 spiro atoms. The first-order valence-corrected chi connectivity index (χ1v) is 5.25. The predicted octanol–water partition coefficient (Wildman–Crippen LogP) is -0.189. The van der Waals surface area contributed by atoms with Crippen molar-refractivity contribution in [3.8, 4) is 0 Å². The van der Waals surface area contributed by atoms with Crippen molar-refractivity contribution in [1.29, 1.82) is 0 Å². The monoisotopic (exact) mass is 200 g/mol.